The number of nitrogens with zero attached hydrogens (tertiary/aromatic N) is 2. The van der Waals surface area contributed by atoms with Crippen LogP contribution in [0.1, 0.15) is 34.8 Å². The van der Waals surface area contributed by atoms with Crippen molar-refractivity contribution in [1.29, 1.82) is 0 Å². The van der Waals surface area contributed by atoms with Gasteiger partial charge in [-0.3, -0.25) is 4.99 Å². The predicted molar refractivity (Wildman–Crippen MR) is 162 cm³/mol. The van der Waals surface area contributed by atoms with Gasteiger partial charge in [0.25, 0.3) is 0 Å². The minimum atomic E-state index is -0.0438. The van der Waals surface area contributed by atoms with Gasteiger partial charge in [-0.2, -0.15) is 0 Å². The van der Waals surface area contributed by atoms with Crippen LogP contribution < -0.4 is 5.32 Å². The summed E-state index contributed by atoms with van der Waals surface area (Å²) in [6, 6.07) is 34.8. The van der Waals surface area contributed by atoms with Gasteiger partial charge in [0.1, 0.15) is 0 Å². The molecule has 1 aliphatic rings. The summed E-state index contributed by atoms with van der Waals surface area (Å²) in [5, 5.41) is 9.71. The molecule has 0 amide bonds. The molecule has 0 spiro atoms. The summed E-state index contributed by atoms with van der Waals surface area (Å²) in [6.07, 6.45) is 6.72. The first kappa shape index (κ1) is 22.7. The minimum Gasteiger partial charge on any atom is -0.313 e. The molecule has 0 aliphatic heterocycles. The Bertz CT molecular complexity index is 1880. The lowest BCUT2D eigenvalue weighted by Crippen LogP contribution is -2.18. The van der Waals surface area contributed by atoms with Crippen LogP contribution in [0.25, 0.3) is 44.2 Å². The Hall–Kier alpha value is -4.47. The van der Waals surface area contributed by atoms with Gasteiger partial charge in [-0.1, -0.05) is 84.9 Å². The number of nitrogens with one attached hydrogen (secondary N) is 1. The zero-order valence-electron chi connectivity index (χ0n) is 21.5. The average Bonchev–Trinajstić information content (AvgIpc) is 3.32. The van der Waals surface area contributed by atoms with Crippen LogP contribution >= 0.6 is 0 Å². The van der Waals surface area contributed by atoms with E-state index < -0.39 is 0 Å². The molecule has 38 heavy (non-hydrogen) atoms. The van der Waals surface area contributed by atoms with E-state index in [-0.39, 0.29) is 6.04 Å². The monoisotopic (exact) mass is 491 g/mol. The third-order valence-corrected chi connectivity index (χ3v) is 7.99. The van der Waals surface area contributed by atoms with E-state index in [9.17, 15) is 0 Å². The van der Waals surface area contributed by atoms with E-state index in [1.807, 2.05) is 7.05 Å². The predicted octanol–water partition coefficient (Wildman–Crippen LogP) is 8.54. The molecule has 184 valence electrons. The van der Waals surface area contributed by atoms with E-state index in [4.69, 9.17) is 0 Å². The van der Waals surface area contributed by atoms with Crippen LogP contribution in [0, 0.1) is 0 Å². The lowest BCUT2D eigenvalue weighted by molar-refractivity contribution is 0.699. The van der Waals surface area contributed by atoms with E-state index in [1.54, 1.807) is 0 Å². The second-order valence-electron chi connectivity index (χ2n) is 9.98. The molecule has 1 atom stereocenters. The van der Waals surface area contributed by atoms with Crippen molar-refractivity contribution in [2.24, 2.45) is 4.99 Å². The van der Waals surface area contributed by atoms with Gasteiger partial charge in [-0.05, 0) is 72.6 Å². The van der Waals surface area contributed by atoms with Crippen molar-refractivity contribution in [1.82, 2.24) is 9.88 Å². The highest BCUT2D eigenvalue weighted by molar-refractivity contribution is 6.15. The highest BCUT2D eigenvalue weighted by atomic mass is 15.0. The Morgan fingerprint density at radius 1 is 0.789 bits per heavy atom. The second-order valence-corrected chi connectivity index (χ2v) is 9.98. The van der Waals surface area contributed by atoms with Crippen LogP contribution in [0.3, 0.4) is 0 Å². The van der Waals surface area contributed by atoms with Gasteiger partial charge in [0.2, 0.25) is 0 Å². The van der Waals surface area contributed by atoms with Crippen molar-refractivity contribution in [2.45, 2.75) is 18.9 Å². The fraction of sp³-hybridized carbons (Fsp3) is 0.114. The van der Waals surface area contributed by atoms with Crippen LogP contribution in [0.15, 0.2) is 108 Å². The van der Waals surface area contributed by atoms with Crippen LogP contribution in [0.4, 0.5) is 5.69 Å². The second kappa shape index (κ2) is 9.13. The Kier molecular flexibility index (Phi) is 5.45. The number of fused-ring (bicyclic) bond motifs is 6. The molecule has 6 aromatic rings. The maximum absolute atomic E-state index is 4.61. The van der Waals surface area contributed by atoms with Gasteiger partial charge in [-0.15, -0.1) is 0 Å². The summed E-state index contributed by atoms with van der Waals surface area (Å²) in [4.78, 5) is 4.61. The molecule has 0 saturated carbocycles. The molecule has 1 aromatic heterocycles. The van der Waals surface area contributed by atoms with Crippen molar-refractivity contribution in [2.75, 3.05) is 7.05 Å². The van der Waals surface area contributed by atoms with Crippen molar-refractivity contribution >= 4 is 50.9 Å². The first-order chi connectivity index (χ1) is 18.8. The molecule has 3 nitrogen and oxygen atoms in total. The molecule has 1 N–H and O–H groups in total. The third kappa shape index (κ3) is 3.36. The van der Waals surface area contributed by atoms with Crippen LogP contribution in [0.2, 0.25) is 0 Å². The van der Waals surface area contributed by atoms with Gasteiger partial charge in [0.15, 0.2) is 0 Å². The number of aliphatic imine (C=N–C) groups is 1. The van der Waals surface area contributed by atoms with Crippen molar-refractivity contribution in [3.63, 3.8) is 0 Å². The van der Waals surface area contributed by atoms with Gasteiger partial charge in [0.05, 0.1) is 17.2 Å². The lowest BCUT2D eigenvalue weighted by atomic mass is 9.88. The number of hydrogen-bond acceptors (Lipinski definition) is 2. The molecule has 3 heteroatoms. The smallest absolute Gasteiger partial charge is 0.0758 e. The fourth-order valence-corrected chi connectivity index (χ4v) is 6.38. The summed E-state index contributed by atoms with van der Waals surface area (Å²) < 4.78 is 2.44. The van der Waals surface area contributed by atoms with Crippen LogP contribution in [-0.4, -0.2) is 18.3 Å². The van der Waals surface area contributed by atoms with Gasteiger partial charge in [0, 0.05) is 33.3 Å². The topological polar surface area (TPSA) is 29.3 Å². The molecule has 1 unspecified atom stereocenters. The number of allylic oxidation sites excluding steroid dienone is 1. The van der Waals surface area contributed by atoms with E-state index in [0.717, 1.165) is 23.9 Å². The Labute approximate surface area is 222 Å². The third-order valence-electron chi connectivity index (χ3n) is 7.99. The standard InChI is InChI=1S/C35H29N3/c1-36-34(33-28-17-8-6-14-25(28)26-15-7-9-18-29(26)35(33)37-2)23-20-21-32-30(22-23)27-16-10-11-19-31(27)38(32)24-12-4-3-5-13-24/h3-10,12-18,20-22,34,36H,2,11,19H2,1H3. The van der Waals surface area contributed by atoms with Crippen molar-refractivity contribution in [3.05, 3.63) is 126 Å². The van der Waals surface area contributed by atoms with Crippen molar-refractivity contribution in [3.8, 4) is 5.69 Å². The Morgan fingerprint density at radius 3 is 2.21 bits per heavy atom. The Balaban J connectivity index is 1.50. The fourth-order valence-electron chi connectivity index (χ4n) is 6.38. The SMILES string of the molecule is C=Nc1c(C(NC)c2ccc3c(c2)c2c(n3-c3ccccc3)CCC=C2)c2ccccc2c2ccccc12. The summed E-state index contributed by atoms with van der Waals surface area (Å²) in [7, 11) is 2.04. The lowest BCUT2D eigenvalue weighted by Gasteiger charge is -2.23. The summed E-state index contributed by atoms with van der Waals surface area (Å²) in [5.41, 5.74) is 8.51. The summed E-state index contributed by atoms with van der Waals surface area (Å²) >= 11 is 0. The number of rotatable bonds is 5. The van der Waals surface area contributed by atoms with E-state index in [2.05, 4.69) is 131 Å². The molecular formula is C35H29N3. The normalized spacial score (nSPS) is 13.7. The quantitative estimate of drug-likeness (QED) is 0.190. The number of hydrogen-bond donors (Lipinski definition) is 1. The highest BCUT2D eigenvalue weighted by Gasteiger charge is 2.24. The van der Waals surface area contributed by atoms with Crippen LogP contribution in [-0.2, 0) is 6.42 Å². The molecule has 0 saturated heterocycles. The van der Waals surface area contributed by atoms with E-state index >= 15 is 0 Å². The molecule has 0 bridgehead atoms. The van der Waals surface area contributed by atoms with E-state index in [1.165, 1.54) is 55.1 Å². The summed E-state index contributed by atoms with van der Waals surface area (Å²) in [6.45, 7) is 4.01. The molecular weight excluding hydrogens is 462 g/mol. The van der Waals surface area contributed by atoms with Gasteiger partial charge >= 0.3 is 0 Å². The van der Waals surface area contributed by atoms with Crippen molar-refractivity contribution < 1.29 is 0 Å². The summed E-state index contributed by atoms with van der Waals surface area (Å²) in [5.74, 6) is 0. The molecule has 0 fully saturated rings. The minimum absolute atomic E-state index is 0.0438. The zero-order valence-corrected chi connectivity index (χ0v) is 21.5. The molecule has 1 aliphatic carbocycles. The molecule has 1 heterocycles. The first-order valence-corrected chi connectivity index (χ1v) is 13.3. The maximum Gasteiger partial charge on any atom is 0.0758 e. The van der Waals surface area contributed by atoms with Crippen LogP contribution in [0.5, 0.6) is 0 Å². The number of para-hydroxylation sites is 1. The highest BCUT2D eigenvalue weighted by Crippen LogP contribution is 2.44. The molecule has 0 radical (unpaired) electrons. The first-order valence-electron chi connectivity index (χ1n) is 13.3. The molecule has 7 rings (SSSR count). The number of benzene rings is 5. The molecule has 5 aromatic carbocycles. The number of aromatic nitrogens is 1. The maximum atomic E-state index is 4.61. The van der Waals surface area contributed by atoms with E-state index in [0.29, 0.717) is 0 Å². The van der Waals surface area contributed by atoms with Gasteiger partial charge in [-0.25, -0.2) is 0 Å². The largest absolute Gasteiger partial charge is 0.313 e. The van der Waals surface area contributed by atoms with Gasteiger partial charge < -0.3 is 9.88 Å². The average molecular weight is 492 g/mol. The Morgan fingerprint density at radius 2 is 1.47 bits per heavy atom. The zero-order chi connectivity index (χ0) is 25.6.